The van der Waals surface area contributed by atoms with Crippen LogP contribution in [-0.4, -0.2) is 59.9 Å². The lowest BCUT2D eigenvalue weighted by atomic mass is 9.43. The molecule has 40 heavy (non-hydrogen) atoms. The highest BCUT2D eigenvalue weighted by Gasteiger charge is 2.62. The molecule has 0 aromatic heterocycles. The van der Waals surface area contributed by atoms with Gasteiger partial charge in [0.1, 0.15) is 5.60 Å². The third-order valence-corrected chi connectivity index (χ3v) is 12.7. The normalized spacial score (nSPS) is 40.2. The number of carbonyl (C=O) groups excluding carboxylic acids is 1. The summed E-state index contributed by atoms with van der Waals surface area (Å²) in [6, 6.07) is 0.594. The van der Waals surface area contributed by atoms with Crippen molar-refractivity contribution in [3.05, 3.63) is 0 Å². The Bertz CT molecular complexity index is 830. The van der Waals surface area contributed by atoms with Gasteiger partial charge < -0.3 is 26.6 Å². The van der Waals surface area contributed by atoms with E-state index >= 15 is 0 Å². The molecule has 5 unspecified atom stereocenters. The maximum absolute atomic E-state index is 12.4. The Hall–Kier alpha value is -0.530. The first-order chi connectivity index (χ1) is 18.9. The first kappa shape index (κ1) is 32.4. The molecular formula is C34H63N3O3. The number of aliphatic hydroxyl groups excluding tert-OH is 1. The van der Waals surface area contributed by atoms with E-state index in [0.717, 1.165) is 45.4 Å². The first-order valence-electron chi connectivity index (χ1n) is 17.0. The molecule has 6 N–H and O–H groups in total. The Morgan fingerprint density at radius 2 is 1.68 bits per heavy atom. The van der Waals surface area contributed by atoms with Gasteiger partial charge in [-0.05, 0) is 163 Å². The number of nitrogens with two attached hydrogens (primary N) is 1. The fourth-order valence-electron chi connectivity index (χ4n) is 10.3. The standard InChI is InChI=1S/C34H63N3O3/c1-23(9-12-30(39)32(2,3)40)26-10-11-27-31-28(14-16-34(26,27)5)33(4)15-13-25(21-24(33)22-29(31)38)37-20-8-19-36-18-7-6-17-35/h23-29,31,36-38,40H,6-22,35H2,1-5H3/t23?,24-,25+,26-,27?,28?,29?,31?,33+,34-/m1/s1. The molecule has 4 aliphatic rings. The van der Waals surface area contributed by atoms with Gasteiger partial charge in [-0.15, -0.1) is 0 Å². The van der Waals surface area contributed by atoms with Gasteiger partial charge in [-0.2, -0.15) is 0 Å². The predicted octanol–water partition coefficient (Wildman–Crippen LogP) is 5.05. The largest absolute Gasteiger partial charge is 0.393 e. The average molecular weight is 562 g/mol. The minimum absolute atomic E-state index is 0.0375. The zero-order chi connectivity index (χ0) is 29.1. The van der Waals surface area contributed by atoms with Gasteiger partial charge in [0.2, 0.25) is 0 Å². The number of Topliss-reactive ketones (excluding diaryl/α,β-unsaturated/α-hetero) is 1. The number of hydrogen-bond acceptors (Lipinski definition) is 6. The number of nitrogens with one attached hydrogen (secondary N) is 2. The molecular weight excluding hydrogens is 498 g/mol. The van der Waals surface area contributed by atoms with Crippen LogP contribution in [0.4, 0.5) is 0 Å². The van der Waals surface area contributed by atoms with Crippen molar-refractivity contribution < 1.29 is 15.0 Å². The minimum Gasteiger partial charge on any atom is -0.393 e. The van der Waals surface area contributed by atoms with Gasteiger partial charge in [0.25, 0.3) is 0 Å². The third-order valence-electron chi connectivity index (χ3n) is 12.7. The molecule has 0 aromatic carbocycles. The lowest BCUT2D eigenvalue weighted by Gasteiger charge is -2.62. The van der Waals surface area contributed by atoms with Crippen molar-refractivity contribution in [3.8, 4) is 0 Å². The monoisotopic (exact) mass is 561 g/mol. The van der Waals surface area contributed by atoms with Crippen molar-refractivity contribution in [1.29, 1.82) is 0 Å². The van der Waals surface area contributed by atoms with E-state index in [4.69, 9.17) is 5.73 Å². The highest BCUT2D eigenvalue weighted by molar-refractivity contribution is 5.86. The van der Waals surface area contributed by atoms with Crippen LogP contribution in [0.3, 0.4) is 0 Å². The summed E-state index contributed by atoms with van der Waals surface area (Å²) in [7, 11) is 0. The molecule has 0 heterocycles. The van der Waals surface area contributed by atoms with Gasteiger partial charge in [-0.1, -0.05) is 20.8 Å². The molecule has 4 aliphatic carbocycles. The van der Waals surface area contributed by atoms with Crippen molar-refractivity contribution >= 4 is 5.78 Å². The molecule has 6 heteroatoms. The van der Waals surface area contributed by atoms with E-state index in [0.29, 0.717) is 53.4 Å². The summed E-state index contributed by atoms with van der Waals surface area (Å²) in [5.74, 6) is 3.35. The lowest BCUT2D eigenvalue weighted by molar-refractivity contribution is -0.167. The Morgan fingerprint density at radius 3 is 2.40 bits per heavy atom. The van der Waals surface area contributed by atoms with E-state index in [-0.39, 0.29) is 17.3 Å². The Labute approximate surface area is 245 Å². The van der Waals surface area contributed by atoms with Gasteiger partial charge in [0.05, 0.1) is 6.10 Å². The number of unbranched alkanes of at least 4 members (excludes halogenated alkanes) is 1. The van der Waals surface area contributed by atoms with Crippen LogP contribution in [0, 0.1) is 46.3 Å². The van der Waals surface area contributed by atoms with E-state index in [1.165, 1.54) is 57.8 Å². The van der Waals surface area contributed by atoms with Gasteiger partial charge in [0, 0.05) is 12.5 Å². The highest BCUT2D eigenvalue weighted by atomic mass is 16.3. The number of aliphatic hydroxyl groups is 2. The molecule has 0 amide bonds. The van der Waals surface area contributed by atoms with E-state index in [1.54, 1.807) is 13.8 Å². The van der Waals surface area contributed by atoms with Crippen LogP contribution >= 0.6 is 0 Å². The van der Waals surface area contributed by atoms with Gasteiger partial charge in [-0.25, -0.2) is 0 Å². The maximum Gasteiger partial charge on any atom is 0.163 e. The van der Waals surface area contributed by atoms with Gasteiger partial charge in [-0.3, -0.25) is 4.79 Å². The van der Waals surface area contributed by atoms with Crippen LogP contribution in [0.15, 0.2) is 0 Å². The van der Waals surface area contributed by atoms with Crippen LogP contribution < -0.4 is 16.4 Å². The SMILES string of the molecule is CC(CCC(=O)C(C)(C)O)[C@H]1CCC2C3C(O)C[C@H]4C[C@@H](NCCCNCCCCN)CC[C@]4(C)C3CC[C@@]21C. The molecule has 0 saturated heterocycles. The quantitative estimate of drug-likeness (QED) is 0.190. The second kappa shape index (κ2) is 13.4. The van der Waals surface area contributed by atoms with E-state index in [2.05, 4.69) is 31.4 Å². The Kier molecular flexibility index (Phi) is 10.9. The topological polar surface area (TPSA) is 108 Å². The van der Waals surface area contributed by atoms with E-state index in [9.17, 15) is 15.0 Å². The minimum atomic E-state index is -1.23. The zero-order valence-electron chi connectivity index (χ0n) is 26.5. The molecule has 10 atom stereocenters. The van der Waals surface area contributed by atoms with Crippen LogP contribution in [0.2, 0.25) is 0 Å². The molecule has 4 saturated carbocycles. The van der Waals surface area contributed by atoms with Crippen molar-refractivity contribution in [2.45, 2.75) is 136 Å². The van der Waals surface area contributed by atoms with Crippen molar-refractivity contribution in [2.24, 2.45) is 52.1 Å². The molecule has 0 aliphatic heterocycles. The zero-order valence-corrected chi connectivity index (χ0v) is 26.5. The van der Waals surface area contributed by atoms with Crippen LogP contribution in [0.5, 0.6) is 0 Å². The first-order valence-corrected chi connectivity index (χ1v) is 17.0. The van der Waals surface area contributed by atoms with E-state index in [1.807, 2.05) is 0 Å². The predicted molar refractivity (Wildman–Crippen MR) is 164 cm³/mol. The number of fused-ring (bicyclic) bond motifs is 5. The highest BCUT2D eigenvalue weighted by Crippen LogP contribution is 2.68. The maximum atomic E-state index is 12.4. The Morgan fingerprint density at radius 1 is 0.975 bits per heavy atom. The van der Waals surface area contributed by atoms with Crippen molar-refractivity contribution in [2.75, 3.05) is 26.2 Å². The smallest absolute Gasteiger partial charge is 0.163 e. The molecule has 0 aromatic rings. The molecule has 6 nitrogen and oxygen atoms in total. The second-order valence-corrected chi connectivity index (χ2v) is 15.5. The molecule has 0 radical (unpaired) electrons. The molecule has 0 bridgehead atoms. The van der Waals surface area contributed by atoms with Gasteiger partial charge >= 0.3 is 0 Å². The number of rotatable bonds is 14. The fraction of sp³-hybridized carbons (Fsp3) is 0.971. The fourth-order valence-corrected chi connectivity index (χ4v) is 10.3. The second-order valence-electron chi connectivity index (χ2n) is 15.5. The van der Waals surface area contributed by atoms with Crippen molar-refractivity contribution in [1.82, 2.24) is 10.6 Å². The van der Waals surface area contributed by atoms with E-state index < -0.39 is 5.60 Å². The van der Waals surface area contributed by atoms with Crippen molar-refractivity contribution in [3.63, 3.8) is 0 Å². The number of carbonyl (C=O) groups is 1. The average Bonchev–Trinajstić information content (AvgIpc) is 3.26. The molecule has 4 fully saturated rings. The summed E-state index contributed by atoms with van der Waals surface area (Å²) in [5.41, 5.74) is 4.97. The lowest BCUT2D eigenvalue weighted by Crippen LogP contribution is -2.59. The molecule has 0 spiro atoms. The molecule has 4 rings (SSSR count). The summed E-state index contributed by atoms with van der Waals surface area (Å²) < 4.78 is 0. The van der Waals surface area contributed by atoms with Crippen LogP contribution in [0.25, 0.3) is 0 Å². The van der Waals surface area contributed by atoms with Crippen LogP contribution in [-0.2, 0) is 4.79 Å². The van der Waals surface area contributed by atoms with Gasteiger partial charge in [0.15, 0.2) is 5.78 Å². The third kappa shape index (κ3) is 6.82. The Balaban J connectivity index is 1.31. The van der Waals surface area contributed by atoms with Crippen LogP contribution in [0.1, 0.15) is 118 Å². The number of ketones is 1. The summed E-state index contributed by atoms with van der Waals surface area (Å²) in [4.78, 5) is 12.4. The molecule has 232 valence electrons. The summed E-state index contributed by atoms with van der Waals surface area (Å²) in [6.07, 6.45) is 14.3. The number of hydrogen-bond donors (Lipinski definition) is 5. The summed E-state index contributed by atoms with van der Waals surface area (Å²) >= 11 is 0. The summed E-state index contributed by atoms with van der Waals surface area (Å²) in [6.45, 7) is 14.7. The summed E-state index contributed by atoms with van der Waals surface area (Å²) in [5, 5.41) is 29.2.